The second kappa shape index (κ2) is 12.2. The van der Waals surface area contributed by atoms with Crippen LogP contribution >= 0.6 is 0 Å². The molecule has 32 heavy (non-hydrogen) atoms. The Hall–Kier alpha value is -3.68. The van der Waals surface area contributed by atoms with Crippen molar-refractivity contribution in [2.75, 3.05) is 20.2 Å². The summed E-state index contributed by atoms with van der Waals surface area (Å²) in [7, 11) is 1.57. The zero-order valence-corrected chi connectivity index (χ0v) is 18.4. The van der Waals surface area contributed by atoms with Gasteiger partial charge in [0.2, 0.25) is 17.7 Å². The van der Waals surface area contributed by atoms with Gasteiger partial charge in [0.25, 0.3) is 0 Å². The van der Waals surface area contributed by atoms with Gasteiger partial charge in [-0.25, -0.2) is 4.39 Å². The monoisotopic (exact) mass is 441 g/mol. The van der Waals surface area contributed by atoms with E-state index < -0.39 is 11.9 Å². The second-order valence-electron chi connectivity index (χ2n) is 7.09. The SMILES string of the molecule is CCN(CC(=O)NCc1ccc(F)cc1)C(=O)C(C)NC(=O)/C=C/c1ccc(OC)cc1. The molecule has 0 radical (unpaired) electrons. The largest absolute Gasteiger partial charge is 0.497 e. The highest BCUT2D eigenvalue weighted by molar-refractivity contribution is 5.96. The third-order valence-corrected chi connectivity index (χ3v) is 4.70. The number of nitrogens with zero attached hydrogens (tertiary/aromatic N) is 1. The van der Waals surface area contributed by atoms with Crippen molar-refractivity contribution in [2.24, 2.45) is 0 Å². The Morgan fingerprint density at radius 1 is 1.09 bits per heavy atom. The molecule has 0 spiro atoms. The van der Waals surface area contributed by atoms with E-state index >= 15 is 0 Å². The summed E-state index contributed by atoms with van der Waals surface area (Å²) >= 11 is 0. The number of rotatable bonds is 10. The summed E-state index contributed by atoms with van der Waals surface area (Å²) in [6, 6.07) is 12.2. The molecule has 8 heteroatoms. The maximum Gasteiger partial charge on any atom is 0.245 e. The number of carbonyl (C=O) groups excluding carboxylic acids is 3. The van der Waals surface area contributed by atoms with E-state index in [0.29, 0.717) is 12.3 Å². The van der Waals surface area contributed by atoms with Crippen LogP contribution in [0.15, 0.2) is 54.6 Å². The van der Waals surface area contributed by atoms with Crippen LogP contribution in [0.5, 0.6) is 5.75 Å². The Kier molecular flexibility index (Phi) is 9.41. The van der Waals surface area contributed by atoms with E-state index in [-0.39, 0.29) is 30.7 Å². The predicted octanol–water partition coefficient (Wildman–Crippen LogP) is 2.52. The van der Waals surface area contributed by atoms with E-state index in [9.17, 15) is 18.8 Å². The van der Waals surface area contributed by atoms with E-state index in [1.807, 2.05) is 0 Å². The van der Waals surface area contributed by atoms with Crippen molar-refractivity contribution in [3.63, 3.8) is 0 Å². The van der Waals surface area contributed by atoms with E-state index in [1.165, 1.54) is 23.1 Å². The molecule has 0 aliphatic heterocycles. The average molecular weight is 442 g/mol. The molecule has 0 fully saturated rings. The quantitative estimate of drug-likeness (QED) is 0.555. The van der Waals surface area contributed by atoms with Crippen molar-refractivity contribution in [2.45, 2.75) is 26.4 Å². The Bertz CT molecular complexity index is 943. The first-order chi connectivity index (χ1) is 15.3. The van der Waals surface area contributed by atoms with Crippen LogP contribution in [0.1, 0.15) is 25.0 Å². The summed E-state index contributed by atoms with van der Waals surface area (Å²) in [4.78, 5) is 38.4. The van der Waals surface area contributed by atoms with Crippen LogP contribution in [0.2, 0.25) is 0 Å². The zero-order chi connectivity index (χ0) is 23.5. The van der Waals surface area contributed by atoms with E-state index in [2.05, 4.69) is 10.6 Å². The first kappa shape index (κ1) is 24.6. The van der Waals surface area contributed by atoms with Gasteiger partial charge in [-0.3, -0.25) is 14.4 Å². The van der Waals surface area contributed by atoms with Crippen LogP contribution in [0.3, 0.4) is 0 Å². The number of ether oxygens (including phenoxy) is 1. The third kappa shape index (κ3) is 7.86. The number of methoxy groups -OCH3 is 1. The lowest BCUT2D eigenvalue weighted by atomic mass is 10.2. The number of hydrogen-bond acceptors (Lipinski definition) is 4. The Morgan fingerprint density at radius 2 is 1.75 bits per heavy atom. The molecule has 0 aliphatic rings. The maximum absolute atomic E-state index is 13.0. The summed E-state index contributed by atoms with van der Waals surface area (Å²) < 4.78 is 18.0. The van der Waals surface area contributed by atoms with Gasteiger partial charge in [0.15, 0.2) is 0 Å². The molecule has 0 saturated carbocycles. The van der Waals surface area contributed by atoms with Crippen molar-refractivity contribution in [1.29, 1.82) is 0 Å². The molecule has 0 heterocycles. The molecule has 2 aromatic carbocycles. The van der Waals surface area contributed by atoms with Gasteiger partial charge in [-0.1, -0.05) is 24.3 Å². The van der Waals surface area contributed by atoms with E-state index in [1.54, 1.807) is 63.4 Å². The third-order valence-electron chi connectivity index (χ3n) is 4.70. The van der Waals surface area contributed by atoms with Crippen molar-refractivity contribution in [1.82, 2.24) is 15.5 Å². The highest BCUT2D eigenvalue weighted by Crippen LogP contribution is 2.12. The van der Waals surface area contributed by atoms with E-state index in [4.69, 9.17) is 4.74 Å². The topological polar surface area (TPSA) is 87.7 Å². The minimum Gasteiger partial charge on any atom is -0.497 e. The summed E-state index contributed by atoms with van der Waals surface area (Å²) in [5.41, 5.74) is 1.56. The van der Waals surface area contributed by atoms with Crippen LogP contribution in [0.25, 0.3) is 6.08 Å². The fourth-order valence-electron chi connectivity index (χ4n) is 2.86. The molecule has 0 bridgehead atoms. The smallest absolute Gasteiger partial charge is 0.245 e. The number of carbonyl (C=O) groups is 3. The molecular weight excluding hydrogens is 413 g/mol. The van der Waals surface area contributed by atoms with Gasteiger partial charge in [-0.2, -0.15) is 0 Å². The maximum atomic E-state index is 13.0. The van der Waals surface area contributed by atoms with Gasteiger partial charge in [0.1, 0.15) is 17.6 Å². The van der Waals surface area contributed by atoms with Gasteiger partial charge in [-0.05, 0) is 55.3 Å². The van der Waals surface area contributed by atoms with Gasteiger partial charge >= 0.3 is 0 Å². The first-order valence-electron chi connectivity index (χ1n) is 10.2. The number of likely N-dealkylation sites (N-methyl/N-ethyl adjacent to an activating group) is 1. The van der Waals surface area contributed by atoms with Crippen molar-refractivity contribution in [3.05, 3.63) is 71.6 Å². The van der Waals surface area contributed by atoms with Crippen molar-refractivity contribution < 1.29 is 23.5 Å². The van der Waals surface area contributed by atoms with Gasteiger partial charge < -0.3 is 20.3 Å². The molecule has 2 N–H and O–H groups in total. The Labute approximate surface area is 187 Å². The molecule has 0 aromatic heterocycles. The standard InChI is InChI=1S/C24H28FN3O4/c1-4-28(16-23(30)26-15-19-5-10-20(25)11-6-19)24(31)17(2)27-22(29)14-9-18-7-12-21(32-3)13-8-18/h5-14,17H,4,15-16H2,1-3H3,(H,26,30)(H,27,29)/b14-9+. The van der Waals surface area contributed by atoms with Gasteiger partial charge in [-0.15, -0.1) is 0 Å². The van der Waals surface area contributed by atoms with Crippen LogP contribution < -0.4 is 15.4 Å². The number of benzene rings is 2. The predicted molar refractivity (Wildman–Crippen MR) is 120 cm³/mol. The minimum atomic E-state index is -0.798. The first-order valence-corrected chi connectivity index (χ1v) is 10.2. The Balaban J connectivity index is 1.83. The van der Waals surface area contributed by atoms with Crippen LogP contribution in [-0.2, 0) is 20.9 Å². The molecule has 1 atom stereocenters. The number of amides is 3. The number of nitrogens with one attached hydrogen (secondary N) is 2. The lowest BCUT2D eigenvalue weighted by molar-refractivity contribution is -0.138. The molecule has 170 valence electrons. The fourth-order valence-corrected chi connectivity index (χ4v) is 2.86. The highest BCUT2D eigenvalue weighted by Gasteiger charge is 2.22. The normalized spacial score (nSPS) is 11.6. The average Bonchev–Trinajstić information content (AvgIpc) is 2.80. The molecular formula is C24H28FN3O4. The number of halogens is 1. The van der Waals surface area contributed by atoms with E-state index in [0.717, 1.165) is 11.1 Å². The lowest BCUT2D eigenvalue weighted by Crippen LogP contribution is -2.49. The molecule has 2 aromatic rings. The van der Waals surface area contributed by atoms with Crippen LogP contribution in [0, 0.1) is 5.82 Å². The second-order valence-corrected chi connectivity index (χ2v) is 7.09. The summed E-state index contributed by atoms with van der Waals surface area (Å²) in [6.45, 7) is 3.72. The summed E-state index contributed by atoms with van der Waals surface area (Å²) in [5.74, 6) is -0.763. The summed E-state index contributed by atoms with van der Waals surface area (Å²) in [5, 5.41) is 5.32. The molecule has 0 saturated heterocycles. The lowest BCUT2D eigenvalue weighted by Gasteiger charge is -2.24. The fraction of sp³-hybridized carbons (Fsp3) is 0.292. The molecule has 2 rings (SSSR count). The highest BCUT2D eigenvalue weighted by atomic mass is 19.1. The molecule has 1 unspecified atom stereocenters. The van der Waals surface area contributed by atoms with Crippen LogP contribution in [0.4, 0.5) is 4.39 Å². The molecule has 0 aliphatic carbocycles. The molecule has 3 amide bonds. The van der Waals surface area contributed by atoms with Gasteiger partial charge in [0.05, 0.1) is 13.7 Å². The Morgan fingerprint density at radius 3 is 2.34 bits per heavy atom. The van der Waals surface area contributed by atoms with Crippen molar-refractivity contribution >= 4 is 23.8 Å². The van der Waals surface area contributed by atoms with Crippen LogP contribution in [-0.4, -0.2) is 48.9 Å². The number of hydrogen-bond donors (Lipinski definition) is 2. The van der Waals surface area contributed by atoms with Crippen molar-refractivity contribution in [3.8, 4) is 5.75 Å². The van der Waals surface area contributed by atoms with Gasteiger partial charge in [0, 0.05) is 19.2 Å². The summed E-state index contributed by atoms with van der Waals surface area (Å²) in [6.07, 6.45) is 2.98. The zero-order valence-electron chi connectivity index (χ0n) is 18.4. The molecule has 7 nitrogen and oxygen atoms in total. The minimum absolute atomic E-state index is 0.140.